The van der Waals surface area contributed by atoms with Gasteiger partial charge in [0.25, 0.3) is 5.69 Å². The van der Waals surface area contributed by atoms with Gasteiger partial charge in [-0.1, -0.05) is 54.6 Å². The molecule has 10 heteroatoms. The minimum absolute atomic E-state index is 0.0768. The van der Waals surface area contributed by atoms with E-state index in [9.17, 15) is 23.7 Å². The molecule has 37 heavy (non-hydrogen) atoms. The summed E-state index contributed by atoms with van der Waals surface area (Å²) in [6.45, 7) is 3.83. The molecule has 4 rings (SSSR count). The third-order valence-corrected chi connectivity index (χ3v) is 6.28. The Morgan fingerprint density at radius 3 is 2.32 bits per heavy atom. The molecule has 1 atom stereocenters. The average molecular weight is 519 g/mol. The molecule has 0 aliphatic heterocycles. The van der Waals surface area contributed by atoms with Crippen LogP contribution in [0.4, 0.5) is 22.7 Å². The first-order chi connectivity index (χ1) is 17.8. The molecule has 0 aromatic heterocycles. The van der Waals surface area contributed by atoms with E-state index < -0.39 is 22.2 Å². The lowest BCUT2D eigenvalue weighted by Crippen LogP contribution is -2.20. The Morgan fingerprint density at radius 1 is 1.00 bits per heavy atom. The van der Waals surface area contributed by atoms with Crippen LogP contribution < -0.4 is 9.62 Å². The summed E-state index contributed by atoms with van der Waals surface area (Å²) in [5, 5.41) is 15.9. The predicted octanol–water partition coefficient (Wildman–Crippen LogP) is 5.86. The summed E-state index contributed by atoms with van der Waals surface area (Å²) in [5.41, 5.74) is 1.52. The van der Waals surface area contributed by atoms with Crippen molar-refractivity contribution in [2.45, 2.75) is 26.5 Å². The van der Waals surface area contributed by atoms with Crippen LogP contribution in [0.15, 0.2) is 84.9 Å². The largest absolute Gasteiger partial charge is 0.755 e. The van der Waals surface area contributed by atoms with Crippen molar-refractivity contribution in [2.75, 3.05) is 9.62 Å². The molecule has 0 spiro atoms. The Balaban J connectivity index is 1.76. The maximum atomic E-state index is 12.6. The Hall–Kier alpha value is -4.28. The molecule has 0 saturated carbocycles. The SMILES string of the molecule is CC(C)OC(=O)c1ccc(N(c2ccc(NCc3ccccc3)c([N+](=O)[O-])c2)S(=O)[O-])c2ccccc12. The van der Waals surface area contributed by atoms with Crippen molar-refractivity contribution in [1.82, 2.24) is 0 Å². The Kier molecular flexibility index (Phi) is 7.80. The van der Waals surface area contributed by atoms with Gasteiger partial charge in [0.1, 0.15) is 5.69 Å². The number of nitrogens with zero attached hydrogens (tertiary/aromatic N) is 2. The maximum absolute atomic E-state index is 12.6. The molecule has 1 unspecified atom stereocenters. The van der Waals surface area contributed by atoms with Gasteiger partial charge in [-0.05, 0) is 49.1 Å². The Labute approximate surface area is 216 Å². The highest BCUT2D eigenvalue weighted by Gasteiger charge is 2.22. The highest BCUT2D eigenvalue weighted by molar-refractivity contribution is 7.81. The van der Waals surface area contributed by atoms with E-state index in [2.05, 4.69) is 5.32 Å². The number of nitro benzene ring substituents is 1. The maximum Gasteiger partial charge on any atom is 0.339 e. The summed E-state index contributed by atoms with van der Waals surface area (Å²) < 4.78 is 31.2. The van der Waals surface area contributed by atoms with Crippen LogP contribution in [-0.4, -0.2) is 25.8 Å². The molecule has 0 bridgehead atoms. The molecule has 9 nitrogen and oxygen atoms in total. The number of fused-ring (bicyclic) bond motifs is 1. The lowest BCUT2D eigenvalue weighted by Gasteiger charge is -2.28. The number of carbonyl (C=O) groups is 1. The van der Waals surface area contributed by atoms with Gasteiger partial charge in [-0.2, -0.15) is 0 Å². The molecule has 4 aromatic carbocycles. The van der Waals surface area contributed by atoms with E-state index in [0.29, 0.717) is 17.3 Å². The molecule has 4 aromatic rings. The number of rotatable bonds is 9. The van der Waals surface area contributed by atoms with Crippen molar-refractivity contribution in [2.24, 2.45) is 0 Å². The fourth-order valence-corrected chi connectivity index (χ4v) is 4.57. The normalized spacial score (nSPS) is 11.8. The van der Waals surface area contributed by atoms with Crippen molar-refractivity contribution in [1.29, 1.82) is 0 Å². The van der Waals surface area contributed by atoms with Gasteiger partial charge in [-0.3, -0.25) is 18.6 Å². The highest BCUT2D eigenvalue weighted by Crippen LogP contribution is 2.38. The van der Waals surface area contributed by atoms with E-state index >= 15 is 0 Å². The summed E-state index contributed by atoms with van der Waals surface area (Å²) in [6, 6.07) is 23.4. The second-order valence-corrected chi connectivity index (χ2v) is 9.24. The quantitative estimate of drug-likeness (QED) is 0.127. The minimum atomic E-state index is -2.83. The first-order valence-electron chi connectivity index (χ1n) is 11.4. The number of hydrogen-bond donors (Lipinski definition) is 1. The number of nitrogens with one attached hydrogen (secondary N) is 1. The van der Waals surface area contributed by atoms with Crippen LogP contribution in [0.5, 0.6) is 0 Å². The van der Waals surface area contributed by atoms with Gasteiger partial charge in [0.15, 0.2) is 0 Å². The second-order valence-electron chi connectivity index (χ2n) is 8.44. The van der Waals surface area contributed by atoms with Gasteiger partial charge >= 0.3 is 5.97 Å². The van der Waals surface area contributed by atoms with Gasteiger partial charge in [0.05, 0.1) is 39.2 Å². The zero-order valence-electron chi connectivity index (χ0n) is 20.1. The fourth-order valence-electron chi connectivity index (χ4n) is 3.96. The van der Waals surface area contributed by atoms with Crippen molar-refractivity contribution in [3.05, 3.63) is 106 Å². The highest BCUT2D eigenvalue weighted by atomic mass is 32.2. The van der Waals surface area contributed by atoms with E-state index in [1.807, 2.05) is 30.3 Å². The van der Waals surface area contributed by atoms with Gasteiger partial charge in [-0.15, -0.1) is 0 Å². The number of hydrogen-bond acceptors (Lipinski definition) is 7. The summed E-state index contributed by atoms with van der Waals surface area (Å²) in [7, 11) is 0. The van der Waals surface area contributed by atoms with E-state index in [1.165, 1.54) is 30.3 Å². The molecule has 190 valence electrons. The van der Waals surface area contributed by atoms with Crippen molar-refractivity contribution in [3.8, 4) is 0 Å². The third kappa shape index (κ3) is 5.76. The van der Waals surface area contributed by atoms with E-state index in [-0.39, 0.29) is 34.4 Å². The van der Waals surface area contributed by atoms with Crippen LogP contribution in [0.3, 0.4) is 0 Å². The molecule has 0 radical (unpaired) electrons. The first kappa shape index (κ1) is 25.8. The van der Waals surface area contributed by atoms with E-state index in [1.54, 1.807) is 38.1 Å². The number of nitro groups is 1. The molecular weight excluding hydrogens is 494 g/mol. The molecule has 1 N–H and O–H groups in total. The molecule has 0 saturated heterocycles. The number of carbonyl (C=O) groups excluding carboxylic acids is 1. The fraction of sp³-hybridized carbons (Fsp3) is 0.148. The molecule has 0 aliphatic rings. The third-order valence-electron chi connectivity index (χ3n) is 5.57. The summed E-state index contributed by atoms with van der Waals surface area (Å²) in [6.07, 6.45) is -0.328. The minimum Gasteiger partial charge on any atom is -0.755 e. The summed E-state index contributed by atoms with van der Waals surface area (Å²) in [4.78, 5) is 23.9. The summed E-state index contributed by atoms with van der Waals surface area (Å²) >= 11 is -2.83. The van der Waals surface area contributed by atoms with E-state index in [4.69, 9.17) is 4.74 Å². The van der Waals surface area contributed by atoms with Gasteiger partial charge in [0.2, 0.25) is 0 Å². The first-order valence-corrected chi connectivity index (χ1v) is 12.5. The molecule has 0 fully saturated rings. The van der Waals surface area contributed by atoms with Crippen LogP contribution in [-0.2, 0) is 22.5 Å². The van der Waals surface area contributed by atoms with Crippen LogP contribution >= 0.6 is 0 Å². The van der Waals surface area contributed by atoms with Crippen LogP contribution in [0.1, 0.15) is 29.8 Å². The molecule has 0 amide bonds. The number of ether oxygens (including phenoxy) is 1. The molecular formula is C27H24N3O6S-. The monoisotopic (exact) mass is 518 g/mol. The number of benzene rings is 4. The average Bonchev–Trinajstić information content (AvgIpc) is 2.88. The van der Waals surface area contributed by atoms with E-state index in [0.717, 1.165) is 9.87 Å². The predicted molar refractivity (Wildman–Crippen MR) is 142 cm³/mol. The lowest BCUT2D eigenvalue weighted by atomic mass is 10.0. The van der Waals surface area contributed by atoms with Crippen LogP contribution in [0.2, 0.25) is 0 Å². The van der Waals surface area contributed by atoms with Crippen LogP contribution in [0.25, 0.3) is 10.8 Å². The molecule has 0 aliphatic carbocycles. The smallest absolute Gasteiger partial charge is 0.339 e. The topological polar surface area (TPSA) is 125 Å². The second kappa shape index (κ2) is 11.2. The number of anilines is 3. The zero-order valence-corrected chi connectivity index (χ0v) is 20.9. The van der Waals surface area contributed by atoms with Crippen molar-refractivity contribution >= 4 is 50.8 Å². The molecule has 0 heterocycles. The standard InChI is InChI=1S/C27H25N3O6S/c1-18(2)36-27(31)23-13-15-25(22-11-7-6-10-21(22)23)29(37(34)35)20-12-14-24(26(16-20)30(32)33)28-17-19-8-4-3-5-9-19/h3-16,18,28H,17H2,1-2H3,(H,34,35)/p-1. The van der Waals surface area contributed by atoms with Gasteiger partial charge in [0, 0.05) is 18.0 Å². The zero-order chi connectivity index (χ0) is 26.5. The lowest BCUT2D eigenvalue weighted by molar-refractivity contribution is -0.383. The van der Waals surface area contributed by atoms with Gasteiger partial charge in [-0.25, -0.2) is 4.79 Å². The summed E-state index contributed by atoms with van der Waals surface area (Å²) in [5.74, 6) is -0.531. The van der Waals surface area contributed by atoms with Gasteiger partial charge < -0.3 is 14.6 Å². The van der Waals surface area contributed by atoms with Crippen LogP contribution in [0, 0.1) is 10.1 Å². The van der Waals surface area contributed by atoms with Crippen molar-refractivity contribution < 1.29 is 23.2 Å². The number of esters is 1. The Bertz CT molecular complexity index is 1480. The van der Waals surface area contributed by atoms with Crippen molar-refractivity contribution in [3.63, 3.8) is 0 Å². The Morgan fingerprint density at radius 2 is 1.68 bits per heavy atom.